The summed E-state index contributed by atoms with van der Waals surface area (Å²) in [6, 6.07) is 5.34. The summed E-state index contributed by atoms with van der Waals surface area (Å²) >= 11 is 0. The summed E-state index contributed by atoms with van der Waals surface area (Å²) in [5, 5.41) is 0.697. The van der Waals surface area contributed by atoms with Crippen molar-refractivity contribution in [1.82, 2.24) is 4.57 Å². The molecule has 0 aliphatic rings. The number of ether oxygens (including phenoxy) is 2. The Balaban J connectivity index is 2.74. The highest BCUT2D eigenvalue weighted by Gasteiger charge is 2.17. The van der Waals surface area contributed by atoms with Gasteiger partial charge >= 0.3 is 5.97 Å². The molecule has 1 heterocycles. The predicted octanol–water partition coefficient (Wildman–Crippen LogP) is 1.92. The van der Waals surface area contributed by atoms with E-state index in [1.807, 2.05) is 6.07 Å². The Labute approximate surface area is 104 Å². The first-order chi connectivity index (χ1) is 8.58. The minimum absolute atomic E-state index is 0.251. The largest absolute Gasteiger partial charge is 0.497 e. The van der Waals surface area contributed by atoms with Crippen LogP contribution in [0.2, 0.25) is 0 Å². The first-order valence-electron chi connectivity index (χ1n) is 5.38. The molecule has 2 aromatic rings. The molecule has 0 unspecified atom stereocenters. The lowest BCUT2D eigenvalue weighted by Gasteiger charge is -2.03. The van der Waals surface area contributed by atoms with Gasteiger partial charge in [-0.2, -0.15) is 0 Å². The maximum absolute atomic E-state index is 11.2. The lowest BCUT2D eigenvalue weighted by molar-refractivity contribution is -0.132. The molecule has 0 fully saturated rings. The number of fused-ring (bicyclic) bond motifs is 1. The van der Waals surface area contributed by atoms with Crippen molar-refractivity contribution >= 4 is 23.2 Å². The van der Waals surface area contributed by atoms with Gasteiger partial charge in [0.1, 0.15) is 5.75 Å². The number of carbonyl (C=O) groups excluding carboxylic acids is 2. The average molecular weight is 247 g/mol. The van der Waals surface area contributed by atoms with Crippen LogP contribution in [-0.2, 0) is 11.8 Å². The van der Waals surface area contributed by atoms with Gasteiger partial charge in [0, 0.05) is 19.4 Å². The molecular weight excluding hydrogens is 234 g/mol. The van der Waals surface area contributed by atoms with Gasteiger partial charge in [0.15, 0.2) is 6.29 Å². The molecule has 0 radical (unpaired) electrons. The highest BCUT2D eigenvalue weighted by molar-refractivity contribution is 6.02. The van der Waals surface area contributed by atoms with Crippen LogP contribution in [0.1, 0.15) is 17.3 Å². The van der Waals surface area contributed by atoms with Gasteiger partial charge in [0.05, 0.1) is 18.2 Å². The van der Waals surface area contributed by atoms with E-state index in [0.29, 0.717) is 23.0 Å². The van der Waals surface area contributed by atoms with E-state index < -0.39 is 5.97 Å². The van der Waals surface area contributed by atoms with Crippen LogP contribution in [0.4, 0.5) is 0 Å². The molecule has 1 aromatic carbocycles. The molecule has 94 valence electrons. The quantitative estimate of drug-likeness (QED) is 0.614. The van der Waals surface area contributed by atoms with Gasteiger partial charge in [0.2, 0.25) is 5.88 Å². The first kappa shape index (κ1) is 12.2. The molecule has 18 heavy (non-hydrogen) atoms. The Bertz CT molecular complexity index is 627. The highest BCUT2D eigenvalue weighted by atomic mass is 16.5. The molecule has 0 spiro atoms. The van der Waals surface area contributed by atoms with E-state index in [1.54, 1.807) is 30.9 Å². The maximum atomic E-state index is 11.2. The SMILES string of the molecule is COc1ccc2c(c1)c(C=O)c(OC(C)=O)n2C. The van der Waals surface area contributed by atoms with Crippen LogP contribution in [0.5, 0.6) is 11.6 Å². The van der Waals surface area contributed by atoms with E-state index in [-0.39, 0.29) is 5.88 Å². The smallest absolute Gasteiger partial charge is 0.309 e. The number of benzene rings is 1. The topological polar surface area (TPSA) is 57.5 Å². The number of carbonyl (C=O) groups is 2. The first-order valence-corrected chi connectivity index (χ1v) is 5.38. The monoisotopic (exact) mass is 247 g/mol. The third-order valence-corrected chi connectivity index (χ3v) is 2.75. The zero-order valence-electron chi connectivity index (χ0n) is 10.4. The van der Waals surface area contributed by atoms with Crippen molar-refractivity contribution in [2.24, 2.45) is 7.05 Å². The number of hydrogen-bond donors (Lipinski definition) is 0. The van der Waals surface area contributed by atoms with E-state index in [9.17, 15) is 9.59 Å². The van der Waals surface area contributed by atoms with Gasteiger partial charge in [-0.15, -0.1) is 0 Å². The Kier molecular flexibility index (Phi) is 3.06. The second kappa shape index (κ2) is 4.52. The fourth-order valence-electron chi connectivity index (χ4n) is 1.93. The van der Waals surface area contributed by atoms with Crippen LogP contribution >= 0.6 is 0 Å². The number of aldehydes is 1. The second-order valence-corrected chi connectivity index (χ2v) is 3.87. The zero-order valence-corrected chi connectivity index (χ0v) is 10.4. The summed E-state index contributed by atoms with van der Waals surface area (Å²) < 4.78 is 11.9. The molecule has 1 aromatic heterocycles. The van der Waals surface area contributed by atoms with E-state index in [4.69, 9.17) is 9.47 Å². The van der Waals surface area contributed by atoms with Crippen LogP contribution in [0.3, 0.4) is 0 Å². The molecule has 2 rings (SSSR count). The van der Waals surface area contributed by atoms with E-state index in [1.165, 1.54) is 6.92 Å². The summed E-state index contributed by atoms with van der Waals surface area (Å²) in [7, 11) is 3.29. The van der Waals surface area contributed by atoms with Crippen LogP contribution in [-0.4, -0.2) is 23.9 Å². The number of rotatable bonds is 3. The number of nitrogens with zero attached hydrogens (tertiary/aromatic N) is 1. The standard InChI is InChI=1S/C13H13NO4/c1-8(16)18-13-11(7-15)10-6-9(17-3)4-5-12(10)14(13)2/h4-7H,1-3H3. The second-order valence-electron chi connectivity index (χ2n) is 3.87. The van der Waals surface area contributed by atoms with Gasteiger partial charge in [-0.1, -0.05) is 0 Å². The zero-order chi connectivity index (χ0) is 13.3. The normalized spacial score (nSPS) is 10.4. The molecule has 0 aliphatic carbocycles. The molecule has 0 N–H and O–H groups in total. The van der Waals surface area contributed by atoms with Gasteiger partial charge in [-0.25, -0.2) is 0 Å². The predicted molar refractivity (Wildman–Crippen MR) is 66.2 cm³/mol. The fraction of sp³-hybridized carbons (Fsp3) is 0.231. The summed E-state index contributed by atoms with van der Waals surface area (Å²) in [4.78, 5) is 22.2. The van der Waals surface area contributed by atoms with Crippen LogP contribution in [0.15, 0.2) is 18.2 Å². The lowest BCUT2D eigenvalue weighted by atomic mass is 10.2. The molecule has 0 saturated heterocycles. The lowest BCUT2D eigenvalue weighted by Crippen LogP contribution is -2.06. The molecule has 0 bridgehead atoms. The minimum atomic E-state index is -0.462. The van der Waals surface area contributed by atoms with Crippen LogP contribution in [0.25, 0.3) is 10.9 Å². The number of aromatic nitrogens is 1. The Morgan fingerprint density at radius 2 is 2.11 bits per heavy atom. The van der Waals surface area contributed by atoms with E-state index in [0.717, 1.165) is 5.52 Å². The Hall–Kier alpha value is -2.30. The summed E-state index contributed by atoms with van der Waals surface area (Å²) in [5.41, 5.74) is 1.15. The van der Waals surface area contributed by atoms with Crippen molar-refractivity contribution in [2.45, 2.75) is 6.92 Å². The van der Waals surface area contributed by atoms with Gasteiger partial charge in [-0.3, -0.25) is 9.59 Å². The molecule has 5 nitrogen and oxygen atoms in total. The van der Waals surface area contributed by atoms with Gasteiger partial charge < -0.3 is 14.0 Å². The summed E-state index contributed by atoms with van der Waals surface area (Å²) in [5.74, 6) is 0.433. The highest BCUT2D eigenvalue weighted by Crippen LogP contribution is 2.32. The van der Waals surface area contributed by atoms with E-state index >= 15 is 0 Å². The van der Waals surface area contributed by atoms with Crippen molar-refractivity contribution in [2.75, 3.05) is 7.11 Å². The summed E-state index contributed by atoms with van der Waals surface area (Å²) in [6.45, 7) is 1.30. The fourth-order valence-corrected chi connectivity index (χ4v) is 1.93. The van der Waals surface area contributed by atoms with Gasteiger partial charge in [-0.05, 0) is 18.2 Å². The third-order valence-electron chi connectivity index (χ3n) is 2.75. The van der Waals surface area contributed by atoms with Crippen LogP contribution < -0.4 is 9.47 Å². The molecule has 5 heteroatoms. The third kappa shape index (κ3) is 1.84. The van der Waals surface area contributed by atoms with Crippen molar-refractivity contribution in [3.8, 4) is 11.6 Å². The number of esters is 1. The van der Waals surface area contributed by atoms with Crippen molar-refractivity contribution in [3.05, 3.63) is 23.8 Å². The van der Waals surface area contributed by atoms with Crippen molar-refractivity contribution in [3.63, 3.8) is 0 Å². The average Bonchev–Trinajstić information content (AvgIpc) is 2.61. The molecule has 0 aliphatic heterocycles. The van der Waals surface area contributed by atoms with E-state index in [2.05, 4.69) is 0 Å². The van der Waals surface area contributed by atoms with Gasteiger partial charge in [0.25, 0.3) is 0 Å². The summed E-state index contributed by atoms with van der Waals surface area (Å²) in [6.07, 6.45) is 0.681. The molecule has 0 saturated carbocycles. The number of hydrogen-bond acceptors (Lipinski definition) is 4. The molecule has 0 amide bonds. The number of aryl methyl sites for hydroxylation is 1. The Morgan fingerprint density at radius 3 is 2.67 bits per heavy atom. The molecular formula is C13H13NO4. The maximum Gasteiger partial charge on any atom is 0.309 e. The minimum Gasteiger partial charge on any atom is -0.497 e. The Morgan fingerprint density at radius 1 is 1.39 bits per heavy atom. The molecule has 0 atom stereocenters. The number of methoxy groups -OCH3 is 1. The van der Waals surface area contributed by atoms with Crippen molar-refractivity contribution < 1.29 is 19.1 Å². The van der Waals surface area contributed by atoms with Crippen molar-refractivity contribution in [1.29, 1.82) is 0 Å². The van der Waals surface area contributed by atoms with Crippen LogP contribution in [0, 0.1) is 0 Å².